The number of ether oxygens (including phenoxy) is 2. The predicted molar refractivity (Wildman–Crippen MR) is 116 cm³/mol. The van der Waals surface area contributed by atoms with Crippen molar-refractivity contribution in [2.24, 2.45) is 0 Å². The van der Waals surface area contributed by atoms with Crippen molar-refractivity contribution in [1.82, 2.24) is 0 Å². The highest BCUT2D eigenvalue weighted by Crippen LogP contribution is 2.31. The third kappa shape index (κ3) is 4.23. The molecule has 0 bridgehead atoms. The summed E-state index contributed by atoms with van der Waals surface area (Å²) in [5, 5.41) is 2.77. The van der Waals surface area contributed by atoms with E-state index in [0.29, 0.717) is 17.2 Å². The first-order valence-electron chi connectivity index (χ1n) is 9.05. The summed E-state index contributed by atoms with van der Waals surface area (Å²) in [6, 6.07) is 19.6. The molecule has 0 fully saturated rings. The van der Waals surface area contributed by atoms with Crippen LogP contribution in [0.1, 0.15) is 10.4 Å². The SMILES string of the molecule is COc1ccc(NC(=O)c2ccccc2N(C)S(=O)(=O)c2ccccc2)c(OC)c1. The third-order valence-electron chi connectivity index (χ3n) is 4.55. The number of rotatable bonds is 7. The molecular formula is C22H22N2O5S. The van der Waals surface area contributed by atoms with E-state index in [4.69, 9.17) is 9.47 Å². The molecule has 3 aromatic rings. The first kappa shape index (κ1) is 21.2. The summed E-state index contributed by atoms with van der Waals surface area (Å²) < 4.78 is 37.6. The minimum atomic E-state index is -3.83. The van der Waals surface area contributed by atoms with E-state index in [1.807, 2.05) is 0 Å². The Bertz CT molecular complexity index is 1150. The molecule has 1 amide bonds. The van der Waals surface area contributed by atoms with Crippen LogP contribution in [0.3, 0.4) is 0 Å². The molecular weight excluding hydrogens is 404 g/mol. The Morgan fingerprint density at radius 1 is 0.900 bits per heavy atom. The van der Waals surface area contributed by atoms with Crippen LogP contribution in [0.5, 0.6) is 11.5 Å². The van der Waals surface area contributed by atoms with Gasteiger partial charge < -0.3 is 14.8 Å². The molecule has 0 saturated carbocycles. The van der Waals surface area contributed by atoms with Crippen molar-refractivity contribution in [3.05, 3.63) is 78.4 Å². The van der Waals surface area contributed by atoms with E-state index in [0.717, 1.165) is 4.31 Å². The fourth-order valence-corrected chi connectivity index (χ4v) is 4.15. The van der Waals surface area contributed by atoms with Gasteiger partial charge >= 0.3 is 0 Å². The lowest BCUT2D eigenvalue weighted by Gasteiger charge is -2.22. The molecule has 3 rings (SSSR count). The van der Waals surface area contributed by atoms with Crippen LogP contribution in [0, 0.1) is 0 Å². The fraction of sp³-hybridized carbons (Fsp3) is 0.136. The number of anilines is 2. The van der Waals surface area contributed by atoms with E-state index in [9.17, 15) is 13.2 Å². The molecule has 0 spiro atoms. The Kier molecular flexibility index (Phi) is 6.27. The number of nitrogens with one attached hydrogen (secondary N) is 1. The molecule has 0 unspecified atom stereocenters. The van der Waals surface area contributed by atoms with Crippen LogP contribution < -0.4 is 19.1 Å². The Morgan fingerprint density at radius 3 is 2.23 bits per heavy atom. The highest BCUT2D eigenvalue weighted by atomic mass is 32.2. The zero-order valence-electron chi connectivity index (χ0n) is 16.8. The van der Waals surface area contributed by atoms with Crippen molar-refractivity contribution in [1.29, 1.82) is 0 Å². The summed E-state index contributed by atoms with van der Waals surface area (Å²) in [6.07, 6.45) is 0. The Labute approximate surface area is 175 Å². The van der Waals surface area contributed by atoms with Crippen molar-refractivity contribution in [3.63, 3.8) is 0 Å². The zero-order valence-corrected chi connectivity index (χ0v) is 17.6. The Morgan fingerprint density at radius 2 is 1.57 bits per heavy atom. The molecule has 156 valence electrons. The highest BCUT2D eigenvalue weighted by Gasteiger charge is 2.25. The van der Waals surface area contributed by atoms with Crippen molar-refractivity contribution in [2.75, 3.05) is 30.9 Å². The lowest BCUT2D eigenvalue weighted by molar-refractivity contribution is 0.102. The predicted octanol–water partition coefficient (Wildman–Crippen LogP) is 3.78. The number of benzene rings is 3. The monoisotopic (exact) mass is 426 g/mol. The minimum absolute atomic E-state index is 0.138. The van der Waals surface area contributed by atoms with Crippen LogP contribution in [-0.4, -0.2) is 35.6 Å². The van der Waals surface area contributed by atoms with Gasteiger partial charge in [0.25, 0.3) is 15.9 Å². The van der Waals surface area contributed by atoms with E-state index >= 15 is 0 Å². The second-order valence-corrected chi connectivity index (χ2v) is 8.29. The second kappa shape index (κ2) is 8.87. The van der Waals surface area contributed by atoms with E-state index in [1.165, 1.54) is 33.4 Å². The van der Waals surface area contributed by atoms with Gasteiger partial charge in [-0.15, -0.1) is 0 Å². The molecule has 0 aliphatic heterocycles. The highest BCUT2D eigenvalue weighted by molar-refractivity contribution is 7.92. The first-order chi connectivity index (χ1) is 14.4. The van der Waals surface area contributed by atoms with Crippen molar-refractivity contribution in [3.8, 4) is 11.5 Å². The van der Waals surface area contributed by atoms with Crippen molar-refractivity contribution in [2.45, 2.75) is 4.90 Å². The minimum Gasteiger partial charge on any atom is -0.497 e. The molecule has 0 aromatic heterocycles. The largest absolute Gasteiger partial charge is 0.497 e. The smallest absolute Gasteiger partial charge is 0.264 e. The number of hydrogen-bond acceptors (Lipinski definition) is 5. The molecule has 1 N–H and O–H groups in total. The molecule has 3 aromatic carbocycles. The number of sulfonamides is 1. The topological polar surface area (TPSA) is 84.9 Å². The molecule has 0 aliphatic rings. The van der Waals surface area contributed by atoms with Crippen LogP contribution in [-0.2, 0) is 10.0 Å². The lowest BCUT2D eigenvalue weighted by Crippen LogP contribution is -2.29. The Balaban J connectivity index is 1.95. The maximum atomic E-state index is 13.0. The van der Waals surface area contributed by atoms with Crippen molar-refractivity contribution >= 4 is 27.3 Å². The molecule has 0 saturated heterocycles. The number of hydrogen-bond donors (Lipinski definition) is 1. The van der Waals surface area contributed by atoms with Gasteiger partial charge in [0.05, 0.1) is 36.1 Å². The summed E-state index contributed by atoms with van der Waals surface area (Å²) >= 11 is 0. The number of carbonyl (C=O) groups excluding carboxylic acids is 1. The number of nitrogens with zero attached hydrogens (tertiary/aromatic N) is 1. The van der Waals surface area contributed by atoms with Gasteiger partial charge in [0.15, 0.2) is 0 Å². The molecule has 30 heavy (non-hydrogen) atoms. The van der Waals surface area contributed by atoms with Gasteiger partial charge in [0.2, 0.25) is 0 Å². The van der Waals surface area contributed by atoms with Gasteiger partial charge in [0, 0.05) is 13.1 Å². The maximum Gasteiger partial charge on any atom is 0.264 e. The van der Waals surface area contributed by atoms with Crippen LogP contribution in [0.25, 0.3) is 0 Å². The van der Waals surface area contributed by atoms with E-state index in [-0.39, 0.29) is 16.1 Å². The normalized spacial score (nSPS) is 10.9. The number of methoxy groups -OCH3 is 2. The molecule has 0 aliphatic carbocycles. The van der Waals surface area contributed by atoms with E-state index in [1.54, 1.807) is 60.7 Å². The average Bonchev–Trinajstić information content (AvgIpc) is 2.79. The van der Waals surface area contributed by atoms with Crippen LogP contribution in [0.2, 0.25) is 0 Å². The van der Waals surface area contributed by atoms with Crippen LogP contribution in [0.4, 0.5) is 11.4 Å². The van der Waals surface area contributed by atoms with Gasteiger partial charge in [-0.3, -0.25) is 9.10 Å². The van der Waals surface area contributed by atoms with E-state index < -0.39 is 15.9 Å². The molecule has 7 nitrogen and oxygen atoms in total. The summed E-state index contributed by atoms with van der Waals surface area (Å²) in [4.78, 5) is 13.1. The maximum absolute atomic E-state index is 13.0. The zero-order chi connectivity index (χ0) is 21.7. The molecule has 8 heteroatoms. The van der Waals surface area contributed by atoms with Crippen LogP contribution in [0.15, 0.2) is 77.7 Å². The second-order valence-electron chi connectivity index (χ2n) is 6.32. The Hall–Kier alpha value is -3.52. The van der Waals surface area contributed by atoms with Gasteiger partial charge in [-0.1, -0.05) is 30.3 Å². The number of carbonyl (C=O) groups is 1. The van der Waals surface area contributed by atoms with E-state index in [2.05, 4.69) is 5.32 Å². The average molecular weight is 426 g/mol. The molecule has 0 atom stereocenters. The van der Waals surface area contributed by atoms with Crippen LogP contribution >= 0.6 is 0 Å². The quantitative estimate of drug-likeness (QED) is 0.621. The molecule has 0 heterocycles. The van der Waals surface area contributed by atoms with Gasteiger partial charge in [-0.2, -0.15) is 0 Å². The number of amides is 1. The molecule has 0 radical (unpaired) electrons. The lowest BCUT2D eigenvalue weighted by atomic mass is 10.1. The van der Waals surface area contributed by atoms with Crippen molar-refractivity contribution < 1.29 is 22.7 Å². The van der Waals surface area contributed by atoms with Gasteiger partial charge in [0.1, 0.15) is 11.5 Å². The van der Waals surface area contributed by atoms with Gasteiger partial charge in [-0.25, -0.2) is 8.42 Å². The summed E-state index contributed by atoms with van der Waals surface area (Å²) in [7, 11) is 0.607. The number of para-hydroxylation sites is 1. The summed E-state index contributed by atoms with van der Waals surface area (Å²) in [6.45, 7) is 0. The summed E-state index contributed by atoms with van der Waals surface area (Å²) in [5.41, 5.74) is 0.899. The standard InChI is InChI=1S/C22H22N2O5S/c1-24(30(26,27)17-9-5-4-6-10-17)20-12-8-7-11-18(20)22(25)23-19-14-13-16(28-2)15-21(19)29-3/h4-15H,1-3H3,(H,23,25). The first-order valence-corrected chi connectivity index (χ1v) is 10.5. The third-order valence-corrected chi connectivity index (χ3v) is 6.33. The fourth-order valence-electron chi connectivity index (χ4n) is 2.91. The van der Waals surface area contributed by atoms with Gasteiger partial charge in [-0.05, 0) is 36.4 Å². The summed E-state index contributed by atoms with van der Waals surface area (Å²) in [5.74, 6) is 0.536.